The highest BCUT2D eigenvalue weighted by Crippen LogP contribution is 2.24. The van der Waals surface area contributed by atoms with E-state index in [2.05, 4.69) is 0 Å². The van der Waals surface area contributed by atoms with Gasteiger partial charge < -0.3 is 14.9 Å². The van der Waals surface area contributed by atoms with Crippen LogP contribution in [0.4, 0.5) is 4.39 Å². The van der Waals surface area contributed by atoms with E-state index >= 15 is 0 Å². The fraction of sp³-hybridized carbons (Fsp3) is 0.533. The highest BCUT2D eigenvalue weighted by Gasteiger charge is 2.42. The SMILES string of the molecule is CN(C)CC1(O)CCCN(Cc2ccc(F)cc2)C1=O. The molecule has 2 rings (SSSR count). The van der Waals surface area contributed by atoms with Crippen molar-refractivity contribution < 1.29 is 14.3 Å². The first kappa shape index (κ1) is 14.9. The van der Waals surface area contributed by atoms with Gasteiger partial charge >= 0.3 is 0 Å². The van der Waals surface area contributed by atoms with Gasteiger partial charge in [0.1, 0.15) is 5.82 Å². The van der Waals surface area contributed by atoms with Crippen molar-refractivity contribution >= 4 is 5.91 Å². The average molecular weight is 280 g/mol. The van der Waals surface area contributed by atoms with Gasteiger partial charge in [-0.1, -0.05) is 12.1 Å². The Hall–Kier alpha value is -1.46. The number of aliphatic hydroxyl groups is 1. The molecule has 0 aliphatic carbocycles. The van der Waals surface area contributed by atoms with Crippen LogP contribution in [0.3, 0.4) is 0 Å². The third-order valence-corrected chi connectivity index (χ3v) is 3.57. The van der Waals surface area contributed by atoms with E-state index in [1.165, 1.54) is 12.1 Å². The van der Waals surface area contributed by atoms with E-state index < -0.39 is 5.60 Å². The molecule has 1 saturated heterocycles. The van der Waals surface area contributed by atoms with E-state index in [1.54, 1.807) is 17.0 Å². The molecular formula is C15H21FN2O2. The van der Waals surface area contributed by atoms with Crippen LogP contribution in [0.15, 0.2) is 24.3 Å². The topological polar surface area (TPSA) is 43.8 Å². The fourth-order valence-electron chi connectivity index (χ4n) is 2.70. The molecule has 1 unspecified atom stereocenters. The second kappa shape index (κ2) is 5.89. The summed E-state index contributed by atoms with van der Waals surface area (Å²) in [5.41, 5.74) is -0.434. The zero-order chi connectivity index (χ0) is 14.8. The van der Waals surface area contributed by atoms with E-state index in [-0.39, 0.29) is 11.7 Å². The lowest BCUT2D eigenvalue weighted by molar-refractivity contribution is -0.159. The smallest absolute Gasteiger partial charge is 0.256 e. The van der Waals surface area contributed by atoms with Crippen LogP contribution < -0.4 is 0 Å². The maximum absolute atomic E-state index is 12.9. The Bertz CT molecular complexity index is 475. The molecule has 1 fully saturated rings. The van der Waals surface area contributed by atoms with Crippen molar-refractivity contribution in [2.24, 2.45) is 0 Å². The summed E-state index contributed by atoms with van der Waals surface area (Å²) in [6, 6.07) is 6.11. The molecule has 20 heavy (non-hydrogen) atoms. The molecule has 110 valence electrons. The van der Waals surface area contributed by atoms with Gasteiger partial charge in [-0.3, -0.25) is 4.79 Å². The maximum atomic E-state index is 12.9. The van der Waals surface area contributed by atoms with Crippen LogP contribution in [0.5, 0.6) is 0 Å². The second-order valence-electron chi connectivity index (χ2n) is 5.73. The Labute approximate surface area is 118 Å². The van der Waals surface area contributed by atoms with Crippen molar-refractivity contribution in [1.82, 2.24) is 9.80 Å². The summed E-state index contributed by atoms with van der Waals surface area (Å²) in [5.74, 6) is -0.524. The summed E-state index contributed by atoms with van der Waals surface area (Å²) in [6.07, 6.45) is 1.27. The fourth-order valence-corrected chi connectivity index (χ4v) is 2.70. The van der Waals surface area contributed by atoms with Gasteiger partial charge in [0.15, 0.2) is 5.60 Å². The average Bonchev–Trinajstić information content (AvgIpc) is 2.37. The summed E-state index contributed by atoms with van der Waals surface area (Å²) < 4.78 is 12.9. The van der Waals surface area contributed by atoms with Gasteiger partial charge in [0, 0.05) is 19.6 Å². The number of carbonyl (C=O) groups excluding carboxylic acids is 1. The molecule has 1 aliphatic heterocycles. The lowest BCUT2D eigenvalue weighted by Crippen LogP contribution is -2.57. The van der Waals surface area contributed by atoms with Gasteiger partial charge in [-0.15, -0.1) is 0 Å². The van der Waals surface area contributed by atoms with Crippen molar-refractivity contribution in [3.05, 3.63) is 35.6 Å². The molecule has 1 aromatic rings. The number of likely N-dealkylation sites (tertiary alicyclic amines) is 1. The summed E-state index contributed by atoms with van der Waals surface area (Å²) in [5, 5.41) is 10.5. The number of hydrogen-bond acceptors (Lipinski definition) is 3. The van der Waals surface area contributed by atoms with Crippen LogP contribution in [0, 0.1) is 5.82 Å². The number of amides is 1. The molecule has 0 bridgehead atoms. The van der Waals surface area contributed by atoms with Gasteiger partial charge in [0.05, 0.1) is 0 Å². The Morgan fingerprint density at radius 1 is 1.35 bits per heavy atom. The molecule has 1 heterocycles. The van der Waals surface area contributed by atoms with E-state index in [0.717, 1.165) is 12.0 Å². The summed E-state index contributed by atoms with van der Waals surface area (Å²) >= 11 is 0. The van der Waals surface area contributed by atoms with Crippen molar-refractivity contribution in [2.75, 3.05) is 27.2 Å². The molecule has 1 atom stereocenters. The van der Waals surface area contributed by atoms with Crippen LogP contribution in [-0.2, 0) is 11.3 Å². The number of piperidine rings is 1. The zero-order valence-electron chi connectivity index (χ0n) is 12.0. The number of halogens is 1. The minimum atomic E-state index is -1.30. The first-order valence-electron chi connectivity index (χ1n) is 6.82. The van der Waals surface area contributed by atoms with Crippen LogP contribution in [0.1, 0.15) is 18.4 Å². The van der Waals surface area contributed by atoms with Gasteiger partial charge in [-0.25, -0.2) is 4.39 Å². The molecule has 1 aromatic carbocycles. The first-order valence-corrected chi connectivity index (χ1v) is 6.82. The van der Waals surface area contributed by atoms with Gasteiger partial charge in [0.25, 0.3) is 5.91 Å². The highest BCUT2D eigenvalue weighted by molar-refractivity contribution is 5.86. The predicted octanol–water partition coefficient (Wildman–Crippen LogP) is 1.24. The first-order chi connectivity index (χ1) is 9.40. The monoisotopic (exact) mass is 280 g/mol. The van der Waals surface area contributed by atoms with E-state index in [4.69, 9.17) is 0 Å². The van der Waals surface area contributed by atoms with Gasteiger partial charge in [-0.05, 0) is 44.6 Å². The number of likely N-dealkylation sites (N-methyl/N-ethyl adjacent to an activating group) is 1. The standard InChI is InChI=1S/C15H21FN2O2/c1-17(2)11-15(20)8-3-9-18(14(15)19)10-12-4-6-13(16)7-5-12/h4-7,20H,3,8-11H2,1-2H3. The minimum Gasteiger partial charge on any atom is -0.379 e. The quantitative estimate of drug-likeness (QED) is 0.902. The number of carbonyl (C=O) groups is 1. The molecular weight excluding hydrogens is 259 g/mol. The largest absolute Gasteiger partial charge is 0.379 e. The van der Waals surface area contributed by atoms with E-state index in [1.807, 2.05) is 19.0 Å². The molecule has 0 radical (unpaired) electrons. The number of nitrogens with zero attached hydrogens (tertiary/aromatic N) is 2. The Kier molecular flexibility index (Phi) is 4.40. The summed E-state index contributed by atoms with van der Waals surface area (Å²) in [7, 11) is 3.67. The normalized spacial score (nSPS) is 23.4. The lowest BCUT2D eigenvalue weighted by atomic mass is 9.91. The van der Waals surface area contributed by atoms with Crippen molar-refractivity contribution in [3.8, 4) is 0 Å². The number of hydrogen-bond donors (Lipinski definition) is 1. The molecule has 1 amide bonds. The Balaban J connectivity index is 2.08. The Morgan fingerprint density at radius 3 is 2.60 bits per heavy atom. The summed E-state index contributed by atoms with van der Waals surface area (Å²) in [6.45, 7) is 1.37. The van der Waals surface area contributed by atoms with Crippen molar-refractivity contribution in [1.29, 1.82) is 0 Å². The van der Waals surface area contributed by atoms with E-state index in [0.29, 0.717) is 26.1 Å². The van der Waals surface area contributed by atoms with Gasteiger partial charge in [-0.2, -0.15) is 0 Å². The lowest BCUT2D eigenvalue weighted by Gasteiger charge is -2.39. The third-order valence-electron chi connectivity index (χ3n) is 3.57. The molecule has 0 saturated carbocycles. The molecule has 0 spiro atoms. The van der Waals surface area contributed by atoms with Crippen molar-refractivity contribution in [2.45, 2.75) is 25.0 Å². The van der Waals surface area contributed by atoms with Gasteiger partial charge in [0.2, 0.25) is 0 Å². The third kappa shape index (κ3) is 3.35. The predicted molar refractivity (Wildman–Crippen MR) is 74.6 cm³/mol. The van der Waals surface area contributed by atoms with Crippen LogP contribution >= 0.6 is 0 Å². The number of rotatable bonds is 4. The van der Waals surface area contributed by atoms with Crippen LogP contribution in [-0.4, -0.2) is 53.6 Å². The molecule has 4 nitrogen and oxygen atoms in total. The van der Waals surface area contributed by atoms with E-state index in [9.17, 15) is 14.3 Å². The van der Waals surface area contributed by atoms with Crippen molar-refractivity contribution in [3.63, 3.8) is 0 Å². The number of benzene rings is 1. The maximum Gasteiger partial charge on any atom is 0.256 e. The molecule has 1 N–H and O–H groups in total. The highest BCUT2D eigenvalue weighted by atomic mass is 19.1. The molecule has 5 heteroatoms. The molecule has 0 aromatic heterocycles. The molecule has 1 aliphatic rings. The van der Waals surface area contributed by atoms with Crippen LogP contribution in [0.2, 0.25) is 0 Å². The minimum absolute atomic E-state index is 0.234. The summed E-state index contributed by atoms with van der Waals surface area (Å²) in [4.78, 5) is 15.9. The second-order valence-corrected chi connectivity index (χ2v) is 5.73. The van der Waals surface area contributed by atoms with Crippen LogP contribution in [0.25, 0.3) is 0 Å². The zero-order valence-corrected chi connectivity index (χ0v) is 12.0. The Morgan fingerprint density at radius 2 is 2.00 bits per heavy atom.